The molecule has 11 heavy (non-hydrogen) atoms. The third-order valence-electron chi connectivity index (χ3n) is 1.52. The zero-order valence-corrected chi connectivity index (χ0v) is 8.14. The maximum absolute atomic E-state index is 5.13. The van der Waals surface area contributed by atoms with E-state index in [4.69, 9.17) is 4.42 Å². The van der Waals surface area contributed by atoms with Crippen LogP contribution >= 0.6 is 0 Å². The summed E-state index contributed by atoms with van der Waals surface area (Å²) in [6.07, 6.45) is 1.74. The van der Waals surface area contributed by atoms with Gasteiger partial charge in [-0.05, 0) is 24.5 Å². The fraction of sp³-hybridized carbons (Fsp3) is 0.600. The number of aryl methyl sites for hydroxylation is 1. The van der Waals surface area contributed by atoms with Gasteiger partial charge in [0.2, 0.25) is 0 Å². The standard InChI is InChI=1S/C8H12O.C2H6/c1-6(2)8-4-5-9-7(8)3;1-2/h4-6H,1-3H3;1-2H3. The second-order valence-corrected chi connectivity index (χ2v) is 2.59. The van der Waals surface area contributed by atoms with Gasteiger partial charge >= 0.3 is 0 Å². The first-order valence-electron chi connectivity index (χ1n) is 4.26. The maximum atomic E-state index is 5.13. The summed E-state index contributed by atoms with van der Waals surface area (Å²) in [5, 5.41) is 0. The Morgan fingerprint density at radius 1 is 1.27 bits per heavy atom. The van der Waals surface area contributed by atoms with Crippen LogP contribution in [0.4, 0.5) is 0 Å². The predicted octanol–water partition coefficient (Wildman–Crippen LogP) is 3.74. The molecule has 0 atom stereocenters. The van der Waals surface area contributed by atoms with E-state index in [9.17, 15) is 0 Å². The highest BCUT2D eigenvalue weighted by Gasteiger charge is 2.03. The molecule has 1 aromatic rings. The predicted molar refractivity (Wildman–Crippen MR) is 48.9 cm³/mol. The van der Waals surface area contributed by atoms with E-state index in [1.165, 1.54) is 5.56 Å². The Balaban J connectivity index is 0.000000461. The maximum Gasteiger partial charge on any atom is 0.104 e. The van der Waals surface area contributed by atoms with Gasteiger partial charge < -0.3 is 4.42 Å². The molecule has 1 rings (SSSR count). The third kappa shape index (κ3) is 2.79. The lowest BCUT2D eigenvalue weighted by atomic mass is 10.1. The smallest absolute Gasteiger partial charge is 0.104 e. The molecule has 0 aliphatic carbocycles. The van der Waals surface area contributed by atoms with Crippen LogP contribution in [0.2, 0.25) is 0 Å². The highest BCUT2D eigenvalue weighted by atomic mass is 16.3. The number of rotatable bonds is 1. The van der Waals surface area contributed by atoms with Gasteiger partial charge in [0.15, 0.2) is 0 Å². The van der Waals surface area contributed by atoms with Crippen molar-refractivity contribution in [2.24, 2.45) is 0 Å². The van der Waals surface area contributed by atoms with E-state index in [1.807, 2.05) is 26.8 Å². The van der Waals surface area contributed by atoms with E-state index in [2.05, 4.69) is 13.8 Å². The van der Waals surface area contributed by atoms with Crippen LogP contribution in [0.1, 0.15) is 44.9 Å². The van der Waals surface area contributed by atoms with Crippen LogP contribution in [0.3, 0.4) is 0 Å². The van der Waals surface area contributed by atoms with E-state index in [0.717, 1.165) is 5.76 Å². The van der Waals surface area contributed by atoms with E-state index in [-0.39, 0.29) is 0 Å². The van der Waals surface area contributed by atoms with Crippen LogP contribution in [0.5, 0.6) is 0 Å². The summed E-state index contributed by atoms with van der Waals surface area (Å²) in [5.41, 5.74) is 1.31. The topological polar surface area (TPSA) is 13.1 Å². The Labute approximate surface area is 69.4 Å². The Morgan fingerprint density at radius 2 is 1.82 bits per heavy atom. The molecule has 0 N–H and O–H groups in total. The van der Waals surface area contributed by atoms with Gasteiger partial charge in [-0.2, -0.15) is 0 Å². The molecule has 0 aliphatic rings. The van der Waals surface area contributed by atoms with E-state index in [1.54, 1.807) is 6.26 Å². The monoisotopic (exact) mass is 154 g/mol. The zero-order chi connectivity index (χ0) is 8.85. The Bertz CT molecular complexity index is 187. The van der Waals surface area contributed by atoms with Crippen molar-refractivity contribution in [2.45, 2.75) is 40.5 Å². The minimum Gasteiger partial charge on any atom is -0.469 e. The molecule has 0 aliphatic heterocycles. The van der Waals surface area contributed by atoms with Crippen LogP contribution in [0.15, 0.2) is 16.7 Å². The second-order valence-electron chi connectivity index (χ2n) is 2.59. The van der Waals surface area contributed by atoms with Crippen molar-refractivity contribution in [3.05, 3.63) is 23.7 Å². The van der Waals surface area contributed by atoms with Gasteiger partial charge in [0.05, 0.1) is 6.26 Å². The SMILES string of the molecule is CC.Cc1occc1C(C)C. The molecule has 0 radical (unpaired) electrons. The average Bonchev–Trinajstić information content (AvgIpc) is 2.39. The van der Waals surface area contributed by atoms with Crippen molar-refractivity contribution in [3.8, 4) is 0 Å². The molecular weight excluding hydrogens is 136 g/mol. The molecule has 1 heteroatoms. The van der Waals surface area contributed by atoms with Crippen LogP contribution in [0, 0.1) is 6.92 Å². The van der Waals surface area contributed by atoms with E-state index < -0.39 is 0 Å². The van der Waals surface area contributed by atoms with Gasteiger partial charge in [-0.15, -0.1) is 0 Å². The highest BCUT2D eigenvalue weighted by molar-refractivity contribution is 5.18. The molecule has 1 heterocycles. The Kier molecular flexibility index (Phi) is 4.67. The lowest BCUT2D eigenvalue weighted by molar-refractivity contribution is 0.527. The quantitative estimate of drug-likeness (QED) is 0.600. The highest BCUT2D eigenvalue weighted by Crippen LogP contribution is 2.18. The molecule has 64 valence electrons. The van der Waals surface area contributed by atoms with Crippen LogP contribution < -0.4 is 0 Å². The van der Waals surface area contributed by atoms with Crippen molar-refractivity contribution in [2.75, 3.05) is 0 Å². The molecule has 0 amide bonds. The summed E-state index contributed by atoms with van der Waals surface area (Å²) in [4.78, 5) is 0. The molecule has 0 fully saturated rings. The Hall–Kier alpha value is -0.720. The van der Waals surface area contributed by atoms with Crippen molar-refractivity contribution < 1.29 is 4.42 Å². The summed E-state index contributed by atoms with van der Waals surface area (Å²) in [6, 6.07) is 2.03. The summed E-state index contributed by atoms with van der Waals surface area (Å²) in [7, 11) is 0. The average molecular weight is 154 g/mol. The van der Waals surface area contributed by atoms with Gasteiger partial charge in [-0.1, -0.05) is 27.7 Å². The summed E-state index contributed by atoms with van der Waals surface area (Å²) in [6.45, 7) is 10.3. The fourth-order valence-corrected chi connectivity index (χ4v) is 0.994. The lowest BCUT2D eigenvalue weighted by Gasteiger charge is -1.99. The minimum absolute atomic E-state index is 0.587. The largest absolute Gasteiger partial charge is 0.469 e. The van der Waals surface area contributed by atoms with Crippen molar-refractivity contribution >= 4 is 0 Å². The van der Waals surface area contributed by atoms with Gasteiger partial charge in [0.1, 0.15) is 5.76 Å². The normalized spacial score (nSPS) is 9.27. The molecule has 0 spiro atoms. The number of hydrogen-bond acceptors (Lipinski definition) is 1. The fourth-order valence-electron chi connectivity index (χ4n) is 0.994. The Morgan fingerprint density at radius 3 is 2.00 bits per heavy atom. The minimum atomic E-state index is 0.587. The summed E-state index contributed by atoms with van der Waals surface area (Å²) >= 11 is 0. The molecule has 0 unspecified atom stereocenters. The molecule has 0 saturated carbocycles. The van der Waals surface area contributed by atoms with Crippen molar-refractivity contribution in [1.82, 2.24) is 0 Å². The summed E-state index contributed by atoms with van der Waals surface area (Å²) in [5.74, 6) is 1.63. The van der Waals surface area contributed by atoms with Gasteiger partial charge in [-0.3, -0.25) is 0 Å². The third-order valence-corrected chi connectivity index (χ3v) is 1.52. The van der Waals surface area contributed by atoms with Gasteiger partial charge in [0.25, 0.3) is 0 Å². The summed E-state index contributed by atoms with van der Waals surface area (Å²) < 4.78 is 5.13. The molecule has 0 bridgehead atoms. The van der Waals surface area contributed by atoms with E-state index >= 15 is 0 Å². The first-order valence-corrected chi connectivity index (χ1v) is 4.26. The first kappa shape index (κ1) is 10.3. The lowest BCUT2D eigenvalue weighted by Crippen LogP contribution is -1.84. The van der Waals surface area contributed by atoms with Gasteiger partial charge in [-0.25, -0.2) is 0 Å². The number of hydrogen-bond donors (Lipinski definition) is 0. The van der Waals surface area contributed by atoms with E-state index in [0.29, 0.717) is 5.92 Å². The van der Waals surface area contributed by atoms with Crippen LogP contribution in [-0.4, -0.2) is 0 Å². The first-order chi connectivity index (χ1) is 5.22. The molecule has 1 aromatic heterocycles. The van der Waals surface area contributed by atoms with Crippen molar-refractivity contribution in [1.29, 1.82) is 0 Å². The molecule has 0 aromatic carbocycles. The zero-order valence-electron chi connectivity index (χ0n) is 8.14. The molecule has 1 nitrogen and oxygen atoms in total. The second kappa shape index (κ2) is 5.00. The van der Waals surface area contributed by atoms with Gasteiger partial charge in [0, 0.05) is 0 Å². The number of furan rings is 1. The van der Waals surface area contributed by atoms with Crippen molar-refractivity contribution in [3.63, 3.8) is 0 Å². The molecule has 0 saturated heterocycles. The van der Waals surface area contributed by atoms with Crippen LogP contribution in [-0.2, 0) is 0 Å². The molecular formula is C10H18O. The van der Waals surface area contributed by atoms with Crippen LogP contribution in [0.25, 0.3) is 0 Å².